The molecule has 5 nitrogen and oxygen atoms in total. The first-order valence-corrected chi connectivity index (χ1v) is 13.0. The van der Waals surface area contributed by atoms with Crippen LogP contribution in [-0.4, -0.2) is 27.7 Å². The average Bonchev–Trinajstić information content (AvgIpc) is 3.57. The minimum atomic E-state index is -0.259. The fraction of sp³-hybridized carbons (Fsp3) is 0.333. The summed E-state index contributed by atoms with van der Waals surface area (Å²) in [5, 5.41) is 8.77. The summed E-state index contributed by atoms with van der Waals surface area (Å²) in [6.45, 7) is 1.88. The van der Waals surface area contributed by atoms with Crippen LogP contribution < -0.4 is 10.2 Å². The van der Waals surface area contributed by atoms with Gasteiger partial charge in [-0.25, -0.2) is 18.3 Å². The molecule has 2 aromatic carbocycles. The number of aromatic nitrogens is 3. The van der Waals surface area contributed by atoms with E-state index >= 15 is 0 Å². The van der Waals surface area contributed by atoms with Crippen molar-refractivity contribution in [1.82, 2.24) is 19.9 Å². The van der Waals surface area contributed by atoms with Gasteiger partial charge in [-0.15, -0.1) is 0 Å². The molecule has 6 rings (SSSR count). The minimum absolute atomic E-state index is 0.0565. The van der Waals surface area contributed by atoms with Crippen LogP contribution in [0.25, 0.3) is 5.65 Å². The second-order valence-electron chi connectivity index (χ2n) is 9.11. The van der Waals surface area contributed by atoms with Crippen LogP contribution in [-0.2, 0) is 0 Å². The Morgan fingerprint density at radius 1 is 0.861 bits per heavy atom. The topological polar surface area (TPSA) is 45.5 Å². The van der Waals surface area contributed by atoms with Crippen molar-refractivity contribution in [3.05, 3.63) is 93.7 Å². The van der Waals surface area contributed by atoms with Crippen molar-refractivity contribution in [3.8, 4) is 0 Å². The van der Waals surface area contributed by atoms with Crippen molar-refractivity contribution in [1.29, 1.82) is 0 Å². The first-order valence-electron chi connectivity index (χ1n) is 12.2. The Hall–Kier alpha value is -2.74. The molecule has 4 heterocycles. The average molecular weight is 530 g/mol. The SMILES string of the molecule is Fc1ccc(Cl)c([C@H]2CCCCN2)c1.Fc1ccc(Cl)c([C@H]2CCCN2c2ccn3nccc3n2)c1. The molecule has 0 unspecified atom stereocenters. The van der Waals surface area contributed by atoms with Gasteiger partial charge >= 0.3 is 0 Å². The molecular formula is C27H27Cl2F2N5. The van der Waals surface area contributed by atoms with Crippen molar-refractivity contribution in [2.75, 3.05) is 18.0 Å². The van der Waals surface area contributed by atoms with Crippen LogP contribution in [0.2, 0.25) is 10.0 Å². The second-order valence-corrected chi connectivity index (χ2v) is 9.92. The van der Waals surface area contributed by atoms with Gasteiger partial charge in [0.2, 0.25) is 0 Å². The molecule has 2 aromatic heterocycles. The Morgan fingerprint density at radius 3 is 2.36 bits per heavy atom. The van der Waals surface area contributed by atoms with Crippen molar-refractivity contribution >= 4 is 34.7 Å². The number of piperidine rings is 1. The number of hydrogen-bond donors (Lipinski definition) is 1. The summed E-state index contributed by atoms with van der Waals surface area (Å²) in [4.78, 5) is 6.82. The van der Waals surface area contributed by atoms with E-state index in [0.717, 1.165) is 54.9 Å². The van der Waals surface area contributed by atoms with E-state index < -0.39 is 0 Å². The number of halogens is 4. The number of nitrogens with one attached hydrogen (secondary N) is 1. The fourth-order valence-corrected chi connectivity index (χ4v) is 5.49. The van der Waals surface area contributed by atoms with Gasteiger partial charge in [-0.1, -0.05) is 29.6 Å². The summed E-state index contributed by atoms with van der Waals surface area (Å²) in [5.41, 5.74) is 2.52. The maximum absolute atomic E-state index is 13.6. The van der Waals surface area contributed by atoms with Gasteiger partial charge in [0, 0.05) is 34.9 Å². The van der Waals surface area contributed by atoms with Crippen LogP contribution in [0.3, 0.4) is 0 Å². The predicted octanol–water partition coefficient (Wildman–Crippen LogP) is 7.16. The molecule has 4 aromatic rings. The van der Waals surface area contributed by atoms with Crippen LogP contribution in [0.15, 0.2) is 60.9 Å². The molecule has 2 saturated heterocycles. The van der Waals surface area contributed by atoms with Gasteiger partial charge in [-0.2, -0.15) is 5.10 Å². The van der Waals surface area contributed by atoms with Crippen LogP contribution >= 0.6 is 23.2 Å². The first kappa shape index (κ1) is 24.9. The van der Waals surface area contributed by atoms with Gasteiger partial charge in [0.1, 0.15) is 17.5 Å². The third-order valence-corrected chi connectivity index (χ3v) is 7.44. The molecule has 2 fully saturated rings. The highest BCUT2D eigenvalue weighted by Gasteiger charge is 2.29. The monoisotopic (exact) mass is 529 g/mol. The van der Waals surface area contributed by atoms with Crippen LogP contribution in [0.1, 0.15) is 55.3 Å². The zero-order valence-corrected chi connectivity index (χ0v) is 21.2. The number of rotatable bonds is 3. The standard InChI is InChI=1S/C16H14ClFN4.C11H13ClFN/c17-13-4-3-11(18)10-12(13)14-2-1-8-21(14)15-6-9-22-16(20-15)5-7-19-22;12-10-5-4-8(13)7-9(10)11-3-1-2-6-14-11/h3-7,9-10,14H,1-2,8H2;4-5,7,11,14H,1-3,6H2/t14-;11-/m11/s1. The largest absolute Gasteiger partial charge is 0.349 e. The van der Waals surface area contributed by atoms with Crippen molar-refractivity contribution in [2.45, 2.75) is 44.2 Å². The Labute approximate surface area is 219 Å². The Balaban J connectivity index is 0.000000165. The number of benzene rings is 2. The summed E-state index contributed by atoms with van der Waals surface area (Å²) in [5.74, 6) is 0.401. The normalized spacial score (nSPS) is 19.8. The number of hydrogen-bond acceptors (Lipinski definition) is 4. The van der Waals surface area contributed by atoms with E-state index in [4.69, 9.17) is 23.2 Å². The van der Waals surface area contributed by atoms with E-state index in [9.17, 15) is 8.78 Å². The molecule has 2 aliphatic rings. The number of fused-ring (bicyclic) bond motifs is 1. The smallest absolute Gasteiger partial charge is 0.157 e. The van der Waals surface area contributed by atoms with Gasteiger partial charge in [0.15, 0.2) is 5.65 Å². The second kappa shape index (κ2) is 11.1. The molecule has 0 spiro atoms. The lowest BCUT2D eigenvalue weighted by Gasteiger charge is -2.26. The molecule has 9 heteroatoms. The maximum atomic E-state index is 13.6. The molecule has 2 atom stereocenters. The van der Waals surface area contributed by atoms with Gasteiger partial charge < -0.3 is 10.2 Å². The van der Waals surface area contributed by atoms with E-state index in [2.05, 4.69) is 20.3 Å². The first-order chi connectivity index (χ1) is 17.5. The summed E-state index contributed by atoms with van der Waals surface area (Å²) < 4.78 is 28.3. The van der Waals surface area contributed by atoms with Gasteiger partial charge in [-0.3, -0.25) is 0 Å². The highest BCUT2D eigenvalue weighted by atomic mass is 35.5. The molecule has 0 bridgehead atoms. The van der Waals surface area contributed by atoms with E-state index in [-0.39, 0.29) is 23.7 Å². The van der Waals surface area contributed by atoms with E-state index in [1.807, 2.05) is 18.3 Å². The van der Waals surface area contributed by atoms with Crippen molar-refractivity contribution in [3.63, 3.8) is 0 Å². The lowest BCUT2D eigenvalue weighted by molar-refractivity contribution is 0.411. The highest BCUT2D eigenvalue weighted by Crippen LogP contribution is 2.38. The van der Waals surface area contributed by atoms with Crippen LogP contribution in [0.5, 0.6) is 0 Å². The predicted molar refractivity (Wildman–Crippen MR) is 140 cm³/mol. The molecule has 0 saturated carbocycles. The lowest BCUT2D eigenvalue weighted by atomic mass is 9.97. The zero-order chi connectivity index (χ0) is 25.1. The maximum Gasteiger partial charge on any atom is 0.157 e. The molecule has 0 radical (unpaired) electrons. The summed E-state index contributed by atoms with van der Waals surface area (Å²) >= 11 is 12.3. The quantitative estimate of drug-likeness (QED) is 0.306. The van der Waals surface area contributed by atoms with E-state index in [0.29, 0.717) is 10.0 Å². The molecule has 0 amide bonds. The van der Waals surface area contributed by atoms with Crippen LogP contribution in [0, 0.1) is 11.6 Å². The van der Waals surface area contributed by atoms with Crippen molar-refractivity contribution < 1.29 is 8.78 Å². The molecule has 188 valence electrons. The Kier molecular flexibility index (Phi) is 7.70. The fourth-order valence-electron chi connectivity index (χ4n) is 5.00. The third-order valence-electron chi connectivity index (χ3n) is 6.75. The van der Waals surface area contributed by atoms with Gasteiger partial charge in [0.25, 0.3) is 0 Å². The minimum Gasteiger partial charge on any atom is -0.349 e. The Bertz CT molecular complexity index is 1340. The summed E-state index contributed by atoms with van der Waals surface area (Å²) in [6, 6.07) is 13.2. The van der Waals surface area contributed by atoms with Crippen molar-refractivity contribution in [2.24, 2.45) is 0 Å². The molecule has 0 aliphatic carbocycles. The molecular weight excluding hydrogens is 503 g/mol. The van der Waals surface area contributed by atoms with Gasteiger partial charge in [-0.05, 0) is 85.8 Å². The van der Waals surface area contributed by atoms with E-state index in [1.165, 1.54) is 37.1 Å². The summed E-state index contributed by atoms with van der Waals surface area (Å²) in [7, 11) is 0. The zero-order valence-electron chi connectivity index (χ0n) is 19.7. The third kappa shape index (κ3) is 5.48. The molecule has 2 aliphatic heterocycles. The number of anilines is 1. The highest BCUT2D eigenvalue weighted by molar-refractivity contribution is 6.31. The number of nitrogens with zero attached hydrogens (tertiary/aromatic N) is 4. The van der Waals surface area contributed by atoms with Gasteiger partial charge in [0.05, 0.1) is 12.2 Å². The van der Waals surface area contributed by atoms with E-state index in [1.54, 1.807) is 22.8 Å². The molecule has 1 N–H and O–H groups in total. The lowest BCUT2D eigenvalue weighted by Crippen LogP contribution is -2.27. The summed E-state index contributed by atoms with van der Waals surface area (Å²) in [6.07, 6.45) is 9.01. The Morgan fingerprint density at radius 2 is 1.61 bits per heavy atom. The van der Waals surface area contributed by atoms with Crippen LogP contribution in [0.4, 0.5) is 14.6 Å². The molecule has 36 heavy (non-hydrogen) atoms.